The largest absolute Gasteiger partial charge is 0.308 e. The normalized spacial score (nSPS) is 11.1. The van der Waals surface area contributed by atoms with Crippen molar-refractivity contribution in [3.8, 4) is 90.4 Å². The summed E-state index contributed by atoms with van der Waals surface area (Å²) in [6, 6.07) is 73.1. The van der Waals surface area contributed by atoms with Crippen LogP contribution in [0.4, 0.5) is 5.69 Å². The molecule has 67 heavy (non-hydrogen) atoms. The molecule has 0 saturated heterocycles. The van der Waals surface area contributed by atoms with Gasteiger partial charge in [-0.15, -0.1) is 0 Å². The van der Waals surface area contributed by atoms with Gasteiger partial charge in [-0.3, -0.25) is 0 Å². The first kappa shape index (κ1) is 40.5. The zero-order valence-corrected chi connectivity index (χ0v) is 36.8. The zero-order valence-electron chi connectivity index (χ0n) is 36.8. The Labute approximate surface area is 389 Å². The third-order valence-electron chi connectivity index (χ3n) is 12.5. The van der Waals surface area contributed by atoms with E-state index in [0.29, 0.717) is 28.7 Å². The first-order valence-corrected chi connectivity index (χ1v) is 22.2. The summed E-state index contributed by atoms with van der Waals surface area (Å²) in [5, 5.41) is 12.2. The van der Waals surface area contributed by atoms with Crippen molar-refractivity contribution in [3.63, 3.8) is 0 Å². The van der Waals surface area contributed by atoms with Gasteiger partial charge in [0.15, 0.2) is 23.2 Å². The van der Waals surface area contributed by atoms with Crippen LogP contribution >= 0.6 is 0 Å². The number of fused-ring (bicyclic) bond motifs is 3. The Hall–Kier alpha value is -9.23. The molecule has 0 saturated carbocycles. The first-order valence-electron chi connectivity index (χ1n) is 22.2. The summed E-state index contributed by atoms with van der Waals surface area (Å²) in [7, 11) is 0. The summed E-state index contributed by atoms with van der Waals surface area (Å²) in [6.45, 7) is 12.0. The van der Waals surface area contributed by atoms with Crippen molar-refractivity contribution in [2.75, 3.05) is 0 Å². The fraction of sp³-hybridized carbons (Fsp3) is 0.0328. The highest BCUT2D eigenvalue weighted by atomic mass is 15.0. The van der Waals surface area contributed by atoms with Crippen LogP contribution in [0.1, 0.15) is 16.7 Å². The second-order valence-corrected chi connectivity index (χ2v) is 16.8. The highest BCUT2D eigenvalue weighted by Crippen LogP contribution is 2.45. The molecule has 0 N–H and O–H groups in total. The molecule has 2 heterocycles. The fourth-order valence-electron chi connectivity index (χ4n) is 8.94. The van der Waals surface area contributed by atoms with Crippen LogP contribution in [0.3, 0.4) is 0 Å². The van der Waals surface area contributed by atoms with Gasteiger partial charge in [0.2, 0.25) is 0 Å². The average molecular weight is 857 g/mol. The average Bonchev–Trinajstić information content (AvgIpc) is 3.71. The molecule has 0 fully saturated rings. The van der Waals surface area contributed by atoms with Gasteiger partial charge in [-0.05, 0) is 95.8 Å². The monoisotopic (exact) mass is 856 g/mol. The van der Waals surface area contributed by atoms with Crippen LogP contribution in [0.2, 0.25) is 0 Å². The van der Waals surface area contributed by atoms with Gasteiger partial charge >= 0.3 is 0 Å². The van der Waals surface area contributed by atoms with Crippen molar-refractivity contribution < 1.29 is 0 Å². The lowest BCUT2D eigenvalue weighted by molar-refractivity contribution is 1.07. The van der Waals surface area contributed by atoms with E-state index < -0.39 is 0 Å². The van der Waals surface area contributed by atoms with E-state index in [1.807, 2.05) is 109 Å². The molecule has 2 aromatic heterocycles. The Morgan fingerprint density at radius 3 is 1.25 bits per heavy atom. The van der Waals surface area contributed by atoms with Crippen molar-refractivity contribution in [1.82, 2.24) is 19.5 Å². The van der Waals surface area contributed by atoms with Crippen LogP contribution in [0, 0.1) is 31.8 Å². The topological polar surface area (TPSA) is 71.8 Å². The number of rotatable bonds is 8. The fourth-order valence-corrected chi connectivity index (χ4v) is 8.94. The predicted molar refractivity (Wildman–Crippen MR) is 273 cm³/mol. The molecule has 6 heteroatoms. The molecule has 0 unspecified atom stereocenters. The molecule has 0 bridgehead atoms. The Morgan fingerprint density at radius 1 is 0.418 bits per heavy atom. The van der Waals surface area contributed by atoms with E-state index in [0.717, 1.165) is 88.7 Å². The van der Waals surface area contributed by atoms with Crippen LogP contribution in [0.25, 0.3) is 111 Å². The van der Waals surface area contributed by atoms with E-state index in [1.165, 1.54) is 11.1 Å². The molecule has 0 radical (unpaired) electrons. The lowest BCUT2D eigenvalue weighted by Gasteiger charge is -2.21. The van der Waals surface area contributed by atoms with E-state index in [2.05, 4.69) is 126 Å². The zero-order chi connectivity index (χ0) is 45.4. The summed E-state index contributed by atoms with van der Waals surface area (Å²) in [4.78, 5) is 19.1. The van der Waals surface area contributed by atoms with Crippen molar-refractivity contribution in [3.05, 3.63) is 234 Å². The van der Waals surface area contributed by atoms with E-state index in [9.17, 15) is 5.26 Å². The number of hydrogen-bond acceptors (Lipinski definition) is 4. The van der Waals surface area contributed by atoms with E-state index in [-0.39, 0.29) is 0 Å². The van der Waals surface area contributed by atoms with Gasteiger partial charge in [0.1, 0.15) is 0 Å². The van der Waals surface area contributed by atoms with Crippen molar-refractivity contribution in [2.24, 2.45) is 0 Å². The van der Waals surface area contributed by atoms with Gasteiger partial charge in [-0.2, -0.15) is 5.26 Å². The lowest BCUT2D eigenvalue weighted by atomic mass is 9.92. The quantitative estimate of drug-likeness (QED) is 0.143. The molecule has 11 aromatic rings. The highest BCUT2D eigenvalue weighted by molar-refractivity contribution is 6.13. The van der Waals surface area contributed by atoms with Gasteiger partial charge in [0.25, 0.3) is 0 Å². The second kappa shape index (κ2) is 17.0. The van der Waals surface area contributed by atoms with E-state index in [4.69, 9.17) is 21.5 Å². The summed E-state index contributed by atoms with van der Waals surface area (Å²) in [5.41, 5.74) is 17.3. The second-order valence-electron chi connectivity index (χ2n) is 16.8. The van der Waals surface area contributed by atoms with Gasteiger partial charge in [-0.1, -0.05) is 169 Å². The van der Waals surface area contributed by atoms with Gasteiger partial charge in [0, 0.05) is 38.6 Å². The molecule has 0 atom stereocenters. The maximum Gasteiger partial charge on any atom is 0.187 e. The number of aromatic nitrogens is 4. The summed E-state index contributed by atoms with van der Waals surface area (Å²) in [5.74, 6) is 1.64. The molecular weight excluding hydrogens is 817 g/mol. The molecule has 314 valence electrons. The van der Waals surface area contributed by atoms with Crippen molar-refractivity contribution in [2.45, 2.75) is 13.8 Å². The Balaban J connectivity index is 1.25. The molecular formula is C61H40N6. The van der Waals surface area contributed by atoms with Crippen molar-refractivity contribution >= 4 is 27.5 Å². The minimum Gasteiger partial charge on any atom is -0.308 e. The van der Waals surface area contributed by atoms with Crippen LogP contribution in [0.15, 0.2) is 206 Å². The van der Waals surface area contributed by atoms with Gasteiger partial charge in [0.05, 0.1) is 34.9 Å². The molecule has 0 aliphatic carbocycles. The number of aryl methyl sites for hydroxylation is 2. The number of hydrogen-bond donors (Lipinski definition) is 0. The molecule has 0 aliphatic rings. The lowest BCUT2D eigenvalue weighted by Crippen LogP contribution is -2.04. The standard InChI is InChI=1S/C61H40N6/c1-39-14-20-42(21-15-39)48-28-32-56-54(34-48)55-35-49(43-22-16-40(2)17-23-43)29-33-57(55)67(56)58-52(44-24-18-41(38-62)19-25-44)36-50(37-53(58)45-26-30-51(63-3)31-27-45)61-65-59(46-10-6-4-7-11-46)64-60(66-61)47-12-8-5-9-13-47/h4-37H,1-2H3. The van der Waals surface area contributed by atoms with Crippen molar-refractivity contribution in [1.29, 1.82) is 5.26 Å². The minimum atomic E-state index is 0.515. The predicted octanol–water partition coefficient (Wildman–Crippen LogP) is 15.7. The van der Waals surface area contributed by atoms with E-state index >= 15 is 0 Å². The smallest absolute Gasteiger partial charge is 0.187 e. The summed E-state index contributed by atoms with van der Waals surface area (Å²) in [6.07, 6.45) is 0. The maximum atomic E-state index is 9.95. The molecule has 0 aliphatic heterocycles. The Kier molecular flexibility index (Phi) is 10.3. The third-order valence-corrected chi connectivity index (χ3v) is 12.5. The van der Waals surface area contributed by atoms with Gasteiger partial charge < -0.3 is 4.57 Å². The minimum absolute atomic E-state index is 0.515. The number of nitrogens with zero attached hydrogens (tertiary/aromatic N) is 6. The van der Waals surface area contributed by atoms with Crippen LogP contribution in [-0.4, -0.2) is 19.5 Å². The summed E-state index contributed by atoms with van der Waals surface area (Å²) >= 11 is 0. The Bertz CT molecular complexity index is 3490. The molecule has 11 rings (SSSR count). The van der Waals surface area contributed by atoms with E-state index in [1.54, 1.807) is 0 Å². The Morgan fingerprint density at radius 2 is 0.821 bits per heavy atom. The SMILES string of the molecule is [C-]#[N+]c1ccc(-c2cc(-c3nc(-c4ccccc4)nc(-c4ccccc4)n3)cc(-c3ccc(C#N)cc3)c2-n2c3ccc(-c4ccc(C)cc4)cc3c3cc(-c4ccc(C)cc4)ccc32)cc1. The molecule has 0 amide bonds. The van der Waals surface area contributed by atoms with Crippen LogP contribution in [0.5, 0.6) is 0 Å². The highest BCUT2D eigenvalue weighted by Gasteiger charge is 2.24. The molecule has 6 nitrogen and oxygen atoms in total. The summed E-state index contributed by atoms with van der Waals surface area (Å²) < 4.78 is 2.39. The number of nitriles is 1. The van der Waals surface area contributed by atoms with Crippen LogP contribution < -0.4 is 0 Å². The third kappa shape index (κ3) is 7.69. The number of benzene rings is 9. The van der Waals surface area contributed by atoms with Gasteiger partial charge in [-0.25, -0.2) is 19.8 Å². The first-order chi connectivity index (χ1) is 32.9. The molecule has 9 aromatic carbocycles. The maximum absolute atomic E-state index is 9.95. The molecule has 0 spiro atoms. The van der Waals surface area contributed by atoms with Crippen LogP contribution in [-0.2, 0) is 0 Å².